The van der Waals surface area contributed by atoms with E-state index in [0.717, 1.165) is 5.56 Å². The zero-order chi connectivity index (χ0) is 15.7. The van der Waals surface area contributed by atoms with Crippen molar-refractivity contribution >= 4 is 27.6 Å². The number of hydrogen-bond donors (Lipinski definition) is 1. The summed E-state index contributed by atoms with van der Waals surface area (Å²) in [4.78, 5) is 18.0. The highest BCUT2D eigenvalue weighted by Crippen LogP contribution is 2.17. The smallest absolute Gasteiger partial charge is 0.258 e. The Morgan fingerprint density at radius 1 is 1.36 bits per heavy atom. The zero-order valence-electron chi connectivity index (χ0n) is 11.9. The van der Waals surface area contributed by atoms with Crippen molar-refractivity contribution in [1.29, 1.82) is 0 Å². The molecule has 114 valence electrons. The molecule has 0 atom stereocenters. The van der Waals surface area contributed by atoms with Gasteiger partial charge < -0.3 is 10.2 Å². The monoisotopic (exact) mass is 318 g/mol. The average Bonchev–Trinajstić information content (AvgIpc) is 2.48. The molecule has 0 aliphatic carbocycles. The molecule has 0 radical (unpaired) electrons. The van der Waals surface area contributed by atoms with Crippen LogP contribution in [-0.2, 0) is 14.8 Å². The van der Waals surface area contributed by atoms with Crippen LogP contribution in [-0.4, -0.2) is 42.3 Å². The number of anilines is 1. The molecule has 3 rings (SSSR count). The molecule has 3 heterocycles. The fourth-order valence-corrected chi connectivity index (χ4v) is 3.10. The molecular formula is C14H14N4O3S. The molecule has 1 N–H and O–H groups in total. The first-order valence-electron chi connectivity index (χ1n) is 6.67. The van der Waals surface area contributed by atoms with Gasteiger partial charge in [-0.15, -0.1) is 4.40 Å². The number of hydrogen-bond acceptors (Lipinski definition) is 5. The zero-order valence-corrected chi connectivity index (χ0v) is 12.7. The van der Waals surface area contributed by atoms with Crippen LogP contribution in [0.2, 0.25) is 0 Å². The number of sulfonamides is 1. The summed E-state index contributed by atoms with van der Waals surface area (Å²) in [5.74, 6) is 0.472. The second-order valence-electron chi connectivity index (χ2n) is 4.97. The van der Waals surface area contributed by atoms with E-state index in [1.54, 1.807) is 29.4 Å². The van der Waals surface area contributed by atoms with Crippen LogP contribution in [0.1, 0.15) is 5.56 Å². The van der Waals surface area contributed by atoms with Crippen LogP contribution in [0.25, 0.3) is 0 Å². The van der Waals surface area contributed by atoms with Gasteiger partial charge in [-0.2, -0.15) is 0 Å². The van der Waals surface area contributed by atoms with Gasteiger partial charge in [0.2, 0.25) is 0 Å². The number of aromatic nitrogens is 1. The van der Waals surface area contributed by atoms with E-state index in [0.29, 0.717) is 17.2 Å². The highest BCUT2D eigenvalue weighted by Gasteiger charge is 2.25. The maximum atomic E-state index is 12.3. The van der Waals surface area contributed by atoms with Gasteiger partial charge in [-0.25, -0.2) is 13.4 Å². The van der Waals surface area contributed by atoms with Crippen LogP contribution in [0, 0.1) is 6.92 Å². The Morgan fingerprint density at radius 2 is 2.18 bits per heavy atom. The SMILES string of the molecule is Cc1cccnc1NC(=O)C1=CN2CCS(=O)(=O)N=C2C=C1. The Balaban J connectivity index is 1.80. The molecule has 1 aromatic heterocycles. The first-order valence-corrected chi connectivity index (χ1v) is 8.28. The van der Waals surface area contributed by atoms with Crippen LogP contribution in [0.15, 0.2) is 46.7 Å². The molecule has 1 amide bonds. The molecule has 1 aromatic rings. The van der Waals surface area contributed by atoms with E-state index >= 15 is 0 Å². The van der Waals surface area contributed by atoms with Crippen molar-refractivity contribution in [1.82, 2.24) is 9.88 Å². The molecule has 2 aliphatic rings. The Morgan fingerprint density at radius 3 is 2.95 bits per heavy atom. The van der Waals surface area contributed by atoms with Crippen LogP contribution in [0.3, 0.4) is 0 Å². The second-order valence-corrected chi connectivity index (χ2v) is 6.72. The van der Waals surface area contributed by atoms with Crippen LogP contribution >= 0.6 is 0 Å². The average molecular weight is 318 g/mol. The Hall–Kier alpha value is -2.48. The summed E-state index contributed by atoms with van der Waals surface area (Å²) in [5.41, 5.74) is 1.28. The first-order chi connectivity index (χ1) is 10.4. The maximum absolute atomic E-state index is 12.3. The molecule has 8 heteroatoms. The van der Waals surface area contributed by atoms with Crippen molar-refractivity contribution in [2.24, 2.45) is 4.40 Å². The molecule has 2 aliphatic heterocycles. The third kappa shape index (κ3) is 2.91. The van der Waals surface area contributed by atoms with Crippen molar-refractivity contribution in [3.8, 4) is 0 Å². The van der Waals surface area contributed by atoms with E-state index in [1.807, 2.05) is 13.0 Å². The largest absolute Gasteiger partial charge is 0.330 e. The summed E-state index contributed by atoms with van der Waals surface area (Å²) in [6.07, 6.45) is 6.27. The molecular weight excluding hydrogens is 304 g/mol. The predicted molar refractivity (Wildman–Crippen MR) is 82.8 cm³/mol. The number of fused-ring (bicyclic) bond motifs is 1. The predicted octanol–water partition coefficient (Wildman–Crippen LogP) is 0.826. The number of nitrogens with zero attached hydrogens (tertiary/aromatic N) is 3. The normalized spacial score (nSPS) is 19.0. The number of rotatable bonds is 2. The van der Waals surface area contributed by atoms with E-state index in [2.05, 4.69) is 14.7 Å². The summed E-state index contributed by atoms with van der Waals surface area (Å²) in [6, 6.07) is 3.65. The molecule has 0 saturated carbocycles. The highest BCUT2D eigenvalue weighted by molar-refractivity contribution is 7.90. The minimum Gasteiger partial charge on any atom is -0.330 e. The lowest BCUT2D eigenvalue weighted by atomic mass is 10.1. The summed E-state index contributed by atoms with van der Waals surface area (Å²) in [7, 11) is -3.39. The first kappa shape index (κ1) is 14.5. The Labute approximate surface area is 128 Å². The van der Waals surface area contributed by atoms with E-state index in [9.17, 15) is 13.2 Å². The van der Waals surface area contributed by atoms with E-state index in [4.69, 9.17) is 0 Å². The van der Waals surface area contributed by atoms with Gasteiger partial charge in [-0.1, -0.05) is 6.07 Å². The summed E-state index contributed by atoms with van der Waals surface area (Å²) >= 11 is 0. The third-order valence-corrected chi connectivity index (χ3v) is 4.49. The van der Waals surface area contributed by atoms with Crippen LogP contribution in [0.5, 0.6) is 0 Å². The quantitative estimate of drug-likeness (QED) is 0.872. The van der Waals surface area contributed by atoms with E-state index in [1.165, 1.54) is 6.08 Å². The highest BCUT2D eigenvalue weighted by atomic mass is 32.2. The molecule has 22 heavy (non-hydrogen) atoms. The van der Waals surface area contributed by atoms with Crippen molar-refractivity contribution in [2.45, 2.75) is 6.92 Å². The summed E-state index contributed by atoms with van der Waals surface area (Å²) < 4.78 is 26.6. The topological polar surface area (TPSA) is 91.7 Å². The van der Waals surface area contributed by atoms with Crippen molar-refractivity contribution in [3.05, 3.63) is 47.8 Å². The molecule has 0 bridgehead atoms. The van der Waals surface area contributed by atoms with Gasteiger partial charge >= 0.3 is 0 Å². The van der Waals surface area contributed by atoms with Gasteiger partial charge in [0.1, 0.15) is 11.7 Å². The van der Waals surface area contributed by atoms with Crippen molar-refractivity contribution < 1.29 is 13.2 Å². The van der Waals surface area contributed by atoms with Crippen molar-refractivity contribution in [3.63, 3.8) is 0 Å². The van der Waals surface area contributed by atoms with Gasteiger partial charge in [-0.05, 0) is 30.7 Å². The lowest BCUT2D eigenvalue weighted by Crippen LogP contribution is -2.37. The van der Waals surface area contributed by atoms with E-state index in [-0.39, 0.29) is 18.2 Å². The standard InChI is InChI=1S/C14H14N4O3S/c1-10-3-2-6-15-13(10)16-14(19)11-4-5-12-17-22(20,21)8-7-18(12)9-11/h2-6,9H,7-8H2,1H3,(H,15,16,19). The number of amides is 1. The van der Waals surface area contributed by atoms with Crippen LogP contribution in [0.4, 0.5) is 5.82 Å². The molecule has 0 aromatic carbocycles. The van der Waals surface area contributed by atoms with Crippen molar-refractivity contribution in [2.75, 3.05) is 17.6 Å². The molecule has 7 nitrogen and oxygen atoms in total. The number of amidine groups is 1. The van der Waals surface area contributed by atoms with Gasteiger partial charge in [0.15, 0.2) is 0 Å². The Bertz CT molecular complexity index is 824. The lowest BCUT2D eigenvalue weighted by molar-refractivity contribution is -0.112. The third-order valence-electron chi connectivity index (χ3n) is 3.33. The molecule has 0 fully saturated rings. The van der Waals surface area contributed by atoms with E-state index < -0.39 is 10.0 Å². The van der Waals surface area contributed by atoms with Gasteiger partial charge in [0.25, 0.3) is 15.9 Å². The maximum Gasteiger partial charge on any atom is 0.258 e. The minimum absolute atomic E-state index is 0.0604. The summed E-state index contributed by atoms with van der Waals surface area (Å²) in [5, 5.41) is 2.74. The number of aryl methyl sites for hydroxylation is 1. The summed E-state index contributed by atoms with van der Waals surface area (Å²) in [6.45, 7) is 2.14. The van der Waals surface area contributed by atoms with Gasteiger partial charge in [-0.3, -0.25) is 4.79 Å². The number of carbonyl (C=O) groups excluding carboxylic acids is 1. The number of nitrogens with one attached hydrogen (secondary N) is 1. The second kappa shape index (κ2) is 5.38. The van der Waals surface area contributed by atoms with Crippen LogP contribution < -0.4 is 5.32 Å². The van der Waals surface area contributed by atoms with Gasteiger partial charge in [0.05, 0.1) is 11.3 Å². The molecule has 0 saturated heterocycles. The Kier molecular flexibility index (Phi) is 3.53. The number of carbonyl (C=O) groups is 1. The van der Waals surface area contributed by atoms with Gasteiger partial charge in [0, 0.05) is 18.9 Å². The fourth-order valence-electron chi connectivity index (χ4n) is 2.13. The fraction of sp³-hybridized carbons (Fsp3) is 0.214. The lowest BCUT2D eigenvalue weighted by Gasteiger charge is -2.26. The minimum atomic E-state index is -3.39. The molecule has 0 spiro atoms. The number of pyridine rings is 1. The molecule has 0 unspecified atom stereocenters.